The highest BCUT2D eigenvalue weighted by Crippen LogP contribution is 2.24. The zero-order chi connectivity index (χ0) is 11.2. The molecule has 0 bridgehead atoms. The first-order valence-corrected chi connectivity index (χ1v) is 6.40. The third-order valence-corrected chi connectivity index (χ3v) is 3.29. The highest BCUT2D eigenvalue weighted by molar-refractivity contribution is 5.05. The fourth-order valence-electron chi connectivity index (χ4n) is 2.40. The van der Waals surface area contributed by atoms with Gasteiger partial charge in [0.1, 0.15) is 5.76 Å². The molecule has 16 heavy (non-hydrogen) atoms. The van der Waals surface area contributed by atoms with Gasteiger partial charge in [-0.15, -0.1) is 0 Å². The Hall–Kier alpha value is -0.800. The van der Waals surface area contributed by atoms with Crippen LogP contribution >= 0.6 is 0 Å². The summed E-state index contributed by atoms with van der Waals surface area (Å²) in [5, 5.41) is 3.43. The van der Waals surface area contributed by atoms with E-state index in [-0.39, 0.29) is 0 Å². The average Bonchev–Trinajstić information content (AvgIpc) is 2.85. The van der Waals surface area contributed by atoms with Crippen molar-refractivity contribution >= 4 is 0 Å². The third-order valence-electron chi connectivity index (χ3n) is 3.29. The average molecular weight is 222 g/mol. The molecule has 1 aromatic heterocycles. The van der Waals surface area contributed by atoms with E-state index in [4.69, 9.17) is 4.42 Å². The van der Waals surface area contributed by atoms with Gasteiger partial charge in [-0.1, -0.05) is 13.3 Å². The lowest BCUT2D eigenvalue weighted by atomic mass is 10.1. The second-order valence-corrected chi connectivity index (χ2v) is 4.44. The Labute approximate surface area is 97.8 Å². The largest absolute Gasteiger partial charge is 0.468 e. The van der Waals surface area contributed by atoms with Crippen LogP contribution in [0, 0.1) is 0 Å². The summed E-state index contributed by atoms with van der Waals surface area (Å²) in [6, 6.07) is 4.49. The maximum Gasteiger partial charge on any atom is 0.122 e. The fraction of sp³-hybridized carbons (Fsp3) is 0.692. The zero-order valence-electron chi connectivity index (χ0n) is 10.1. The molecular weight excluding hydrogens is 200 g/mol. The third kappa shape index (κ3) is 2.86. The van der Waals surface area contributed by atoms with E-state index < -0.39 is 0 Å². The summed E-state index contributed by atoms with van der Waals surface area (Å²) in [5.41, 5.74) is 0. The van der Waals surface area contributed by atoms with Gasteiger partial charge in [0.05, 0.1) is 12.3 Å². The molecule has 2 heterocycles. The lowest BCUT2D eigenvalue weighted by Crippen LogP contribution is -2.38. The van der Waals surface area contributed by atoms with Crippen LogP contribution in [0.15, 0.2) is 22.8 Å². The Kier molecular flexibility index (Phi) is 4.43. The van der Waals surface area contributed by atoms with Crippen LogP contribution in [0.5, 0.6) is 0 Å². The summed E-state index contributed by atoms with van der Waals surface area (Å²) in [4.78, 5) is 2.55. The molecule has 1 N–H and O–H groups in total. The molecule has 0 spiro atoms. The minimum absolute atomic E-state index is 0.412. The van der Waals surface area contributed by atoms with Crippen molar-refractivity contribution in [1.29, 1.82) is 0 Å². The summed E-state index contributed by atoms with van der Waals surface area (Å²) >= 11 is 0. The first kappa shape index (κ1) is 11.7. The first-order valence-electron chi connectivity index (χ1n) is 6.40. The number of likely N-dealkylation sites (tertiary alicyclic amines) is 1. The molecule has 1 fully saturated rings. The van der Waals surface area contributed by atoms with Crippen molar-refractivity contribution in [3.63, 3.8) is 0 Å². The van der Waals surface area contributed by atoms with Crippen molar-refractivity contribution in [2.24, 2.45) is 0 Å². The number of likely N-dealkylation sites (N-methyl/N-ethyl adjacent to an activating group) is 1. The topological polar surface area (TPSA) is 28.4 Å². The van der Waals surface area contributed by atoms with Gasteiger partial charge in [0.25, 0.3) is 0 Å². The Morgan fingerprint density at radius 3 is 2.81 bits per heavy atom. The number of hydrogen-bond donors (Lipinski definition) is 1. The Balaban J connectivity index is 2.01. The second kappa shape index (κ2) is 6.06. The molecule has 3 nitrogen and oxygen atoms in total. The standard InChI is InChI=1S/C13H22N2O/c1-2-14-11-12(13-7-6-10-16-13)15-8-4-3-5-9-15/h6-7,10,12,14H,2-5,8-9,11H2,1H3. The molecule has 1 atom stereocenters. The second-order valence-electron chi connectivity index (χ2n) is 4.44. The number of piperidine rings is 1. The van der Waals surface area contributed by atoms with Crippen LogP contribution in [0.25, 0.3) is 0 Å². The smallest absolute Gasteiger partial charge is 0.122 e. The van der Waals surface area contributed by atoms with Gasteiger partial charge < -0.3 is 9.73 Å². The van der Waals surface area contributed by atoms with Crippen molar-refractivity contribution < 1.29 is 4.42 Å². The van der Waals surface area contributed by atoms with Crippen molar-refractivity contribution in [3.05, 3.63) is 24.2 Å². The fourth-order valence-corrected chi connectivity index (χ4v) is 2.40. The van der Waals surface area contributed by atoms with Crippen LogP contribution in [0.1, 0.15) is 38.0 Å². The predicted molar refractivity (Wildman–Crippen MR) is 65.4 cm³/mol. The molecular formula is C13H22N2O. The summed E-state index contributed by atoms with van der Waals surface area (Å²) in [7, 11) is 0. The Morgan fingerprint density at radius 1 is 1.38 bits per heavy atom. The molecule has 0 aliphatic carbocycles. The molecule has 0 saturated carbocycles. The molecule has 1 aliphatic heterocycles. The van der Waals surface area contributed by atoms with E-state index in [0.29, 0.717) is 6.04 Å². The summed E-state index contributed by atoms with van der Waals surface area (Å²) in [6.07, 6.45) is 5.80. The van der Waals surface area contributed by atoms with E-state index >= 15 is 0 Å². The highest BCUT2D eigenvalue weighted by Gasteiger charge is 2.23. The van der Waals surface area contributed by atoms with Crippen molar-refractivity contribution in [1.82, 2.24) is 10.2 Å². The van der Waals surface area contributed by atoms with E-state index in [0.717, 1.165) is 18.8 Å². The molecule has 1 aliphatic rings. The van der Waals surface area contributed by atoms with Gasteiger partial charge in [0, 0.05) is 6.54 Å². The van der Waals surface area contributed by atoms with Crippen molar-refractivity contribution in [2.45, 2.75) is 32.2 Å². The molecule has 1 unspecified atom stereocenters. The molecule has 0 radical (unpaired) electrons. The molecule has 1 saturated heterocycles. The number of nitrogens with zero attached hydrogens (tertiary/aromatic N) is 1. The molecule has 3 heteroatoms. The number of hydrogen-bond acceptors (Lipinski definition) is 3. The van der Waals surface area contributed by atoms with Crippen LogP contribution in [-0.4, -0.2) is 31.1 Å². The van der Waals surface area contributed by atoms with E-state index in [1.807, 2.05) is 6.07 Å². The van der Waals surface area contributed by atoms with E-state index in [1.54, 1.807) is 6.26 Å². The van der Waals surface area contributed by atoms with Gasteiger partial charge >= 0.3 is 0 Å². The molecule has 0 aromatic carbocycles. The van der Waals surface area contributed by atoms with Crippen LogP contribution < -0.4 is 5.32 Å². The Morgan fingerprint density at radius 2 is 2.19 bits per heavy atom. The van der Waals surface area contributed by atoms with Gasteiger partial charge in [-0.05, 0) is 44.6 Å². The lowest BCUT2D eigenvalue weighted by Gasteiger charge is -2.33. The summed E-state index contributed by atoms with van der Waals surface area (Å²) in [6.45, 7) is 6.57. The van der Waals surface area contributed by atoms with Gasteiger partial charge in [0.2, 0.25) is 0 Å². The lowest BCUT2D eigenvalue weighted by molar-refractivity contribution is 0.143. The van der Waals surface area contributed by atoms with Gasteiger partial charge in [-0.2, -0.15) is 0 Å². The highest BCUT2D eigenvalue weighted by atomic mass is 16.3. The predicted octanol–water partition coefficient (Wildman–Crippen LogP) is 2.42. The minimum Gasteiger partial charge on any atom is -0.468 e. The van der Waals surface area contributed by atoms with E-state index in [2.05, 4.69) is 23.2 Å². The summed E-state index contributed by atoms with van der Waals surface area (Å²) < 4.78 is 5.56. The maximum atomic E-state index is 5.56. The summed E-state index contributed by atoms with van der Waals surface area (Å²) in [5.74, 6) is 1.10. The monoisotopic (exact) mass is 222 g/mol. The SMILES string of the molecule is CCNCC(c1ccco1)N1CCCCC1. The Bertz CT molecular complexity index is 278. The van der Waals surface area contributed by atoms with Crippen LogP contribution in [-0.2, 0) is 0 Å². The van der Waals surface area contributed by atoms with Crippen LogP contribution in [0.2, 0.25) is 0 Å². The molecule has 0 amide bonds. The van der Waals surface area contributed by atoms with Gasteiger partial charge in [0.15, 0.2) is 0 Å². The maximum absolute atomic E-state index is 5.56. The first-order chi connectivity index (χ1) is 7.92. The van der Waals surface area contributed by atoms with Crippen LogP contribution in [0.4, 0.5) is 0 Å². The van der Waals surface area contributed by atoms with E-state index in [1.165, 1.54) is 32.4 Å². The zero-order valence-corrected chi connectivity index (χ0v) is 10.1. The normalized spacial score (nSPS) is 19.8. The molecule has 1 aromatic rings. The van der Waals surface area contributed by atoms with Crippen molar-refractivity contribution in [3.8, 4) is 0 Å². The molecule has 90 valence electrons. The van der Waals surface area contributed by atoms with Crippen LogP contribution in [0.3, 0.4) is 0 Å². The van der Waals surface area contributed by atoms with Gasteiger partial charge in [-0.3, -0.25) is 4.90 Å². The molecule has 2 rings (SSSR count). The number of furan rings is 1. The number of nitrogens with one attached hydrogen (secondary N) is 1. The van der Waals surface area contributed by atoms with E-state index in [9.17, 15) is 0 Å². The quantitative estimate of drug-likeness (QED) is 0.829. The minimum atomic E-state index is 0.412. The van der Waals surface area contributed by atoms with Gasteiger partial charge in [-0.25, -0.2) is 0 Å². The number of rotatable bonds is 5. The van der Waals surface area contributed by atoms with Crippen molar-refractivity contribution in [2.75, 3.05) is 26.2 Å².